The summed E-state index contributed by atoms with van der Waals surface area (Å²) in [5.74, 6) is -2.86. The SMILES string of the molecule is CC(C)C[C@@H](C(=O)NN(C1CCNCC1)S(C)(=O)=O)[C@H](CC=Cc1ccccc1)C(=O)NO. The first-order valence-electron chi connectivity index (χ1n) is 11.3. The number of sulfonamides is 1. The number of allylic oxidation sites excluding steroid dienone is 1. The molecule has 2 rings (SSSR count). The van der Waals surface area contributed by atoms with Gasteiger partial charge < -0.3 is 5.32 Å². The number of hydrogen-bond donors (Lipinski definition) is 4. The molecule has 1 aromatic carbocycles. The van der Waals surface area contributed by atoms with E-state index in [1.165, 1.54) is 0 Å². The molecule has 1 saturated heterocycles. The molecule has 1 fully saturated rings. The number of rotatable bonds is 11. The van der Waals surface area contributed by atoms with Crippen molar-refractivity contribution >= 4 is 27.9 Å². The lowest BCUT2D eigenvalue weighted by atomic mass is 9.82. The standard InChI is InChI=1S/C23H36N4O5S/c1-17(2)16-21(20(23(29)26-30)11-7-10-18-8-5-4-6-9-18)22(28)25-27(33(3,31)32)19-12-14-24-15-13-19/h4-10,17,19-21,24,30H,11-16H2,1-3H3,(H,25,28)(H,26,29)/t20-,21+/m0/s1. The van der Waals surface area contributed by atoms with Crippen molar-refractivity contribution in [2.45, 2.75) is 45.6 Å². The zero-order valence-corrected chi connectivity index (χ0v) is 20.3. The molecule has 0 spiro atoms. The Bertz CT molecular complexity index is 899. The van der Waals surface area contributed by atoms with E-state index in [0.29, 0.717) is 32.4 Å². The van der Waals surface area contributed by atoms with E-state index in [0.717, 1.165) is 16.2 Å². The third kappa shape index (κ3) is 8.54. The summed E-state index contributed by atoms with van der Waals surface area (Å²) in [5, 5.41) is 12.5. The van der Waals surface area contributed by atoms with E-state index in [1.54, 1.807) is 11.6 Å². The van der Waals surface area contributed by atoms with E-state index in [9.17, 15) is 23.2 Å². The molecule has 4 N–H and O–H groups in total. The minimum Gasteiger partial charge on any atom is -0.317 e. The highest BCUT2D eigenvalue weighted by molar-refractivity contribution is 7.88. The first-order valence-corrected chi connectivity index (χ1v) is 13.1. The first-order chi connectivity index (χ1) is 15.6. The molecule has 33 heavy (non-hydrogen) atoms. The molecule has 2 atom stereocenters. The molecule has 0 saturated carbocycles. The molecule has 0 aliphatic carbocycles. The fourth-order valence-corrected chi connectivity index (χ4v) is 5.10. The highest BCUT2D eigenvalue weighted by Crippen LogP contribution is 2.26. The number of benzene rings is 1. The summed E-state index contributed by atoms with van der Waals surface area (Å²) in [7, 11) is -3.72. The van der Waals surface area contributed by atoms with E-state index in [-0.39, 0.29) is 18.4 Å². The number of nitrogens with zero attached hydrogens (tertiary/aromatic N) is 1. The van der Waals surface area contributed by atoms with Crippen molar-refractivity contribution < 1.29 is 23.2 Å². The zero-order valence-electron chi connectivity index (χ0n) is 19.5. The van der Waals surface area contributed by atoms with Gasteiger partial charge in [0.05, 0.1) is 18.1 Å². The highest BCUT2D eigenvalue weighted by atomic mass is 32.2. The maximum Gasteiger partial charge on any atom is 0.247 e. The Balaban J connectivity index is 2.26. The van der Waals surface area contributed by atoms with Crippen LogP contribution < -0.4 is 16.2 Å². The molecule has 1 aliphatic heterocycles. The van der Waals surface area contributed by atoms with Crippen LogP contribution >= 0.6 is 0 Å². The fourth-order valence-electron chi connectivity index (χ4n) is 4.09. The van der Waals surface area contributed by atoms with Gasteiger partial charge in [-0.05, 0) is 50.3 Å². The van der Waals surface area contributed by atoms with Crippen molar-refractivity contribution in [2.75, 3.05) is 19.3 Å². The summed E-state index contributed by atoms with van der Waals surface area (Å²) in [4.78, 5) is 25.9. The van der Waals surface area contributed by atoms with Gasteiger partial charge in [0.25, 0.3) is 0 Å². The van der Waals surface area contributed by atoms with Crippen molar-refractivity contribution in [1.82, 2.24) is 20.6 Å². The van der Waals surface area contributed by atoms with Crippen molar-refractivity contribution in [3.63, 3.8) is 0 Å². The van der Waals surface area contributed by atoms with Gasteiger partial charge in [-0.15, -0.1) is 4.41 Å². The third-order valence-electron chi connectivity index (χ3n) is 5.71. The van der Waals surface area contributed by atoms with Gasteiger partial charge in [-0.25, -0.2) is 13.9 Å². The van der Waals surface area contributed by atoms with Crippen LogP contribution in [0.1, 0.15) is 45.1 Å². The quantitative estimate of drug-likeness (QED) is 0.283. The smallest absolute Gasteiger partial charge is 0.247 e. The van der Waals surface area contributed by atoms with Gasteiger partial charge in [-0.1, -0.05) is 56.3 Å². The van der Waals surface area contributed by atoms with Crippen LogP contribution in [-0.4, -0.2) is 55.2 Å². The topological polar surface area (TPSA) is 128 Å². The van der Waals surface area contributed by atoms with Crippen LogP contribution in [0.4, 0.5) is 0 Å². The zero-order chi connectivity index (χ0) is 24.4. The summed E-state index contributed by atoms with van der Waals surface area (Å²) in [6, 6.07) is 9.17. The first kappa shape index (κ1) is 27.0. The molecular formula is C23H36N4O5S. The Morgan fingerprint density at radius 3 is 2.33 bits per heavy atom. The van der Waals surface area contributed by atoms with Crippen LogP contribution in [0.15, 0.2) is 36.4 Å². The molecular weight excluding hydrogens is 444 g/mol. The maximum absolute atomic E-state index is 13.4. The number of hydroxylamine groups is 1. The van der Waals surface area contributed by atoms with Crippen molar-refractivity contribution in [3.05, 3.63) is 42.0 Å². The van der Waals surface area contributed by atoms with Crippen molar-refractivity contribution in [3.8, 4) is 0 Å². The molecule has 0 bridgehead atoms. The lowest BCUT2D eigenvalue weighted by Crippen LogP contribution is -2.56. The summed E-state index contributed by atoms with van der Waals surface area (Å²) >= 11 is 0. The number of hydrazine groups is 1. The van der Waals surface area contributed by atoms with E-state index >= 15 is 0 Å². The van der Waals surface area contributed by atoms with Gasteiger partial charge in [0.2, 0.25) is 21.8 Å². The largest absolute Gasteiger partial charge is 0.317 e. The molecule has 1 heterocycles. The Hall–Kier alpha value is -2.27. The predicted octanol–water partition coefficient (Wildman–Crippen LogP) is 1.92. The van der Waals surface area contributed by atoms with Gasteiger partial charge in [0.1, 0.15) is 0 Å². The van der Waals surface area contributed by atoms with Gasteiger partial charge in [0, 0.05) is 6.04 Å². The van der Waals surface area contributed by atoms with Crippen LogP contribution in [0, 0.1) is 17.8 Å². The molecule has 0 unspecified atom stereocenters. The molecule has 1 aliphatic rings. The highest BCUT2D eigenvalue weighted by Gasteiger charge is 2.37. The van der Waals surface area contributed by atoms with Crippen LogP contribution in [0.2, 0.25) is 0 Å². The Morgan fingerprint density at radius 2 is 1.79 bits per heavy atom. The van der Waals surface area contributed by atoms with Crippen LogP contribution in [0.25, 0.3) is 6.08 Å². The Kier molecular flexibility index (Phi) is 10.5. The molecule has 184 valence electrons. The number of carbonyl (C=O) groups excluding carboxylic acids is 2. The number of amides is 2. The lowest BCUT2D eigenvalue weighted by molar-refractivity contribution is -0.142. The van der Waals surface area contributed by atoms with Crippen LogP contribution in [-0.2, 0) is 19.6 Å². The van der Waals surface area contributed by atoms with Gasteiger partial charge in [0.15, 0.2) is 0 Å². The second kappa shape index (κ2) is 12.8. The van der Waals surface area contributed by atoms with Gasteiger partial charge in [-0.3, -0.25) is 20.2 Å². The number of piperidine rings is 1. The Labute approximate surface area is 196 Å². The molecule has 10 heteroatoms. The molecule has 0 radical (unpaired) electrons. The second-order valence-corrected chi connectivity index (χ2v) is 10.7. The summed E-state index contributed by atoms with van der Waals surface area (Å²) in [6.45, 7) is 5.16. The summed E-state index contributed by atoms with van der Waals surface area (Å²) in [5.41, 5.74) is 5.21. The Morgan fingerprint density at radius 1 is 1.15 bits per heavy atom. The van der Waals surface area contributed by atoms with Crippen LogP contribution in [0.3, 0.4) is 0 Å². The fraction of sp³-hybridized carbons (Fsp3) is 0.565. The molecule has 1 aromatic rings. The van der Waals surface area contributed by atoms with Crippen molar-refractivity contribution in [1.29, 1.82) is 0 Å². The maximum atomic E-state index is 13.4. The molecule has 0 aromatic heterocycles. The summed E-state index contributed by atoms with van der Waals surface area (Å²) in [6.07, 6.45) is 6.40. The second-order valence-electron chi connectivity index (χ2n) is 8.88. The number of carbonyl (C=O) groups is 2. The minimum atomic E-state index is -3.72. The average Bonchev–Trinajstić information content (AvgIpc) is 2.78. The summed E-state index contributed by atoms with van der Waals surface area (Å²) < 4.78 is 26.0. The van der Waals surface area contributed by atoms with Gasteiger partial charge >= 0.3 is 0 Å². The number of hydrogen-bond acceptors (Lipinski definition) is 6. The lowest BCUT2D eigenvalue weighted by Gasteiger charge is -2.34. The third-order valence-corrected chi connectivity index (χ3v) is 6.82. The normalized spacial score (nSPS) is 17.3. The van der Waals surface area contributed by atoms with Crippen LogP contribution in [0.5, 0.6) is 0 Å². The average molecular weight is 481 g/mol. The molecule has 2 amide bonds. The van der Waals surface area contributed by atoms with E-state index in [4.69, 9.17) is 0 Å². The van der Waals surface area contributed by atoms with Crippen molar-refractivity contribution in [2.24, 2.45) is 17.8 Å². The monoisotopic (exact) mass is 480 g/mol. The van der Waals surface area contributed by atoms with E-state index < -0.39 is 33.7 Å². The minimum absolute atomic E-state index is 0.0680. The van der Waals surface area contributed by atoms with E-state index in [2.05, 4.69) is 10.7 Å². The number of nitrogens with one attached hydrogen (secondary N) is 3. The van der Waals surface area contributed by atoms with Gasteiger partial charge in [-0.2, -0.15) is 0 Å². The predicted molar refractivity (Wildman–Crippen MR) is 127 cm³/mol. The molecule has 9 nitrogen and oxygen atoms in total. The van der Waals surface area contributed by atoms with E-state index in [1.807, 2.05) is 50.3 Å².